The van der Waals surface area contributed by atoms with Crippen molar-refractivity contribution < 1.29 is 0 Å². The third-order valence-corrected chi connectivity index (χ3v) is 5.20. The Labute approximate surface area is 240 Å². The van der Waals surface area contributed by atoms with Gasteiger partial charge in [-0.15, -0.1) is 0 Å². The lowest BCUT2D eigenvalue weighted by Crippen LogP contribution is -1.84. The number of nitrogens with zero attached hydrogens (tertiary/aromatic N) is 7. The van der Waals surface area contributed by atoms with Gasteiger partial charge in [0.1, 0.15) is 5.82 Å². The van der Waals surface area contributed by atoms with Crippen LogP contribution in [0.25, 0.3) is 0 Å². The van der Waals surface area contributed by atoms with E-state index in [1.807, 2.05) is 105 Å². The Hall–Kier alpha value is -4.39. The molecule has 0 aromatic carbocycles. The van der Waals surface area contributed by atoms with E-state index in [2.05, 4.69) is 66.9 Å². The molecule has 0 saturated carbocycles. The highest BCUT2D eigenvalue weighted by molar-refractivity contribution is 5.15. The van der Waals surface area contributed by atoms with E-state index in [9.17, 15) is 0 Å². The smallest absolute Gasteiger partial charge is 0.125 e. The van der Waals surface area contributed by atoms with E-state index < -0.39 is 0 Å². The topological polar surface area (TPSA) is 90.2 Å². The van der Waals surface area contributed by atoms with E-state index in [0.29, 0.717) is 0 Å². The SMILES string of the molecule is Cc1ccc(C)nc1.Cc1cccnc1C.Cc1ccnc(C)c1.Cc1cnc(C)cn1.Cc1cnc(C)nc1. The number of aromatic nitrogens is 7. The summed E-state index contributed by atoms with van der Waals surface area (Å²) >= 11 is 0. The molecule has 0 unspecified atom stereocenters. The summed E-state index contributed by atoms with van der Waals surface area (Å²) in [7, 11) is 0. The second-order valence-corrected chi connectivity index (χ2v) is 9.46. The van der Waals surface area contributed by atoms with Crippen molar-refractivity contribution in [1.82, 2.24) is 34.9 Å². The van der Waals surface area contributed by atoms with E-state index in [4.69, 9.17) is 0 Å². The lowest BCUT2D eigenvalue weighted by molar-refractivity contribution is 1.03. The molecule has 0 aliphatic heterocycles. The van der Waals surface area contributed by atoms with E-state index in [-0.39, 0.29) is 0 Å². The van der Waals surface area contributed by atoms with Gasteiger partial charge in [-0.1, -0.05) is 12.1 Å². The first-order valence-electron chi connectivity index (χ1n) is 13.1. The summed E-state index contributed by atoms with van der Waals surface area (Å²) in [5, 5.41) is 0. The van der Waals surface area contributed by atoms with Gasteiger partial charge in [-0.2, -0.15) is 0 Å². The zero-order valence-corrected chi connectivity index (χ0v) is 25.6. The maximum absolute atomic E-state index is 4.08. The molecule has 0 saturated heterocycles. The zero-order valence-electron chi connectivity index (χ0n) is 25.6. The quantitative estimate of drug-likeness (QED) is 0.205. The Morgan fingerprint density at radius 2 is 0.975 bits per heavy atom. The maximum Gasteiger partial charge on any atom is 0.125 e. The molecule has 0 atom stereocenters. The van der Waals surface area contributed by atoms with Gasteiger partial charge in [0.2, 0.25) is 0 Å². The highest BCUT2D eigenvalue weighted by Crippen LogP contribution is 1.99. The Morgan fingerprint density at radius 1 is 0.400 bits per heavy atom. The fourth-order valence-corrected chi connectivity index (χ4v) is 2.71. The minimum absolute atomic E-state index is 0.829. The molecule has 210 valence electrons. The monoisotopic (exact) mass is 537 g/mol. The van der Waals surface area contributed by atoms with E-state index >= 15 is 0 Å². The third-order valence-electron chi connectivity index (χ3n) is 5.20. The maximum atomic E-state index is 4.08. The summed E-state index contributed by atoms with van der Waals surface area (Å²) in [6.45, 7) is 19.8. The van der Waals surface area contributed by atoms with Crippen LogP contribution in [0, 0.1) is 69.2 Å². The molecule has 5 aromatic rings. The van der Waals surface area contributed by atoms with Crippen LogP contribution in [0.4, 0.5) is 0 Å². The van der Waals surface area contributed by atoms with Gasteiger partial charge in [0, 0.05) is 60.5 Å². The van der Waals surface area contributed by atoms with Crippen molar-refractivity contribution in [3.05, 3.63) is 136 Å². The fraction of sp³-hybridized carbons (Fsp3) is 0.303. The van der Waals surface area contributed by atoms with Crippen molar-refractivity contribution in [3.8, 4) is 0 Å². The van der Waals surface area contributed by atoms with Gasteiger partial charge in [-0.3, -0.25) is 24.9 Å². The molecule has 0 fully saturated rings. The van der Waals surface area contributed by atoms with Crippen molar-refractivity contribution in [1.29, 1.82) is 0 Å². The first-order chi connectivity index (χ1) is 19.0. The second kappa shape index (κ2) is 18.8. The van der Waals surface area contributed by atoms with Crippen molar-refractivity contribution >= 4 is 0 Å². The predicted octanol–water partition coefficient (Wildman–Crippen LogP) is 7.28. The van der Waals surface area contributed by atoms with Gasteiger partial charge in [0.15, 0.2) is 0 Å². The van der Waals surface area contributed by atoms with Crippen molar-refractivity contribution in [2.75, 3.05) is 0 Å². The predicted molar refractivity (Wildman–Crippen MR) is 164 cm³/mol. The molecule has 0 aliphatic carbocycles. The molecule has 40 heavy (non-hydrogen) atoms. The summed E-state index contributed by atoms with van der Waals surface area (Å²) in [5.74, 6) is 0.829. The molecule has 5 rings (SSSR count). The Balaban J connectivity index is 0.000000250. The molecule has 0 amide bonds. The van der Waals surface area contributed by atoms with Crippen LogP contribution in [0.2, 0.25) is 0 Å². The van der Waals surface area contributed by atoms with Gasteiger partial charge in [0.05, 0.1) is 11.4 Å². The van der Waals surface area contributed by atoms with Crippen LogP contribution >= 0.6 is 0 Å². The number of hydrogen-bond donors (Lipinski definition) is 0. The van der Waals surface area contributed by atoms with E-state index in [0.717, 1.165) is 39.9 Å². The zero-order chi connectivity index (χ0) is 29.9. The van der Waals surface area contributed by atoms with Crippen LogP contribution in [-0.4, -0.2) is 34.9 Å². The Morgan fingerprint density at radius 3 is 1.32 bits per heavy atom. The lowest BCUT2D eigenvalue weighted by Gasteiger charge is -1.92. The summed E-state index contributed by atoms with van der Waals surface area (Å²) in [5.41, 5.74) is 10.1. The normalized spacial score (nSPS) is 9.25. The molecule has 0 aliphatic rings. The molecule has 5 aromatic heterocycles. The largest absolute Gasteiger partial charge is 0.262 e. The molecule has 7 heteroatoms. The Bertz CT molecular complexity index is 1160. The molecule has 7 nitrogen and oxygen atoms in total. The number of hydrogen-bond acceptors (Lipinski definition) is 7. The van der Waals surface area contributed by atoms with E-state index in [1.54, 1.807) is 12.4 Å². The summed E-state index contributed by atoms with van der Waals surface area (Å²) in [6.07, 6.45) is 12.6. The second-order valence-electron chi connectivity index (χ2n) is 9.46. The number of aryl methyl sites for hydroxylation is 10. The highest BCUT2D eigenvalue weighted by Gasteiger charge is 1.86. The Kier molecular flexibility index (Phi) is 15.8. The molecule has 0 N–H and O–H groups in total. The average Bonchev–Trinajstić information content (AvgIpc) is 2.92. The number of pyridine rings is 3. The van der Waals surface area contributed by atoms with Crippen LogP contribution in [0.15, 0.2) is 79.8 Å². The molecule has 5 heterocycles. The minimum Gasteiger partial charge on any atom is -0.262 e. The van der Waals surface area contributed by atoms with Crippen LogP contribution < -0.4 is 0 Å². The van der Waals surface area contributed by atoms with Gasteiger partial charge >= 0.3 is 0 Å². The van der Waals surface area contributed by atoms with Crippen molar-refractivity contribution in [2.45, 2.75) is 69.2 Å². The van der Waals surface area contributed by atoms with E-state index in [1.165, 1.54) is 16.7 Å². The molecular formula is C33H43N7. The lowest BCUT2D eigenvalue weighted by atomic mass is 10.2. The van der Waals surface area contributed by atoms with Gasteiger partial charge in [-0.25, -0.2) is 9.97 Å². The highest BCUT2D eigenvalue weighted by atomic mass is 14.8. The number of rotatable bonds is 0. The van der Waals surface area contributed by atoms with Crippen LogP contribution in [0.5, 0.6) is 0 Å². The molecule has 0 spiro atoms. The van der Waals surface area contributed by atoms with Gasteiger partial charge < -0.3 is 0 Å². The average molecular weight is 538 g/mol. The molecular weight excluding hydrogens is 494 g/mol. The summed E-state index contributed by atoms with van der Waals surface area (Å²) in [6, 6.07) is 12.1. The van der Waals surface area contributed by atoms with Crippen LogP contribution in [0.1, 0.15) is 56.5 Å². The standard InChI is InChI=1S/3C7H9N.2C6H8N2/c1-6-3-4-8-7(2)5-6;1-6-3-4-7(2)8-5-6;1-6-4-3-5-8-7(6)2;1-5-3-8-6(2)4-7-5;1-5-3-7-6(2)8-4-5/h3*3-5H,1-2H3;2*3-4H,1-2H3. The summed E-state index contributed by atoms with van der Waals surface area (Å²) < 4.78 is 0. The molecule has 0 bridgehead atoms. The van der Waals surface area contributed by atoms with Crippen molar-refractivity contribution in [3.63, 3.8) is 0 Å². The summed E-state index contributed by atoms with van der Waals surface area (Å²) in [4.78, 5) is 28.2. The van der Waals surface area contributed by atoms with Gasteiger partial charge in [0.25, 0.3) is 0 Å². The first kappa shape index (κ1) is 33.6. The molecule has 0 radical (unpaired) electrons. The van der Waals surface area contributed by atoms with Gasteiger partial charge in [-0.05, 0) is 116 Å². The van der Waals surface area contributed by atoms with Crippen LogP contribution in [0.3, 0.4) is 0 Å². The first-order valence-corrected chi connectivity index (χ1v) is 13.1. The minimum atomic E-state index is 0.829. The van der Waals surface area contributed by atoms with Crippen molar-refractivity contribution in [2.24, 2.45) is 0 Å². The van der Waals surface area contributed by atoms with Crippen LogP contribution in [-0.2, 0) is 0 Å². The fourth-order valence-electron chi connectivity index (χ4n) is 2.71. The third kappa shape index (κ3) is 16.5.